The number of hydrogen-bond acceptors (Lipinski definition) is 2. The molecule has 25 heavy (non-hydrogen) atoms. The molecule has 0 amide bonds. The Kier molecular flexibility index (Phi) is 4.87. The van der Waals surface area contributed by atoms with Gasteiger partial charge >= 0.3 is 0 Å². The van der Waals surface area contributed by atoms with Gasteiger partial charge in [-0.25, -0.2) is 12.8 Å². The van der Waals surface area contributed by atoms with Gasteiger partial charge in [0.15, 0.2) is 9.84 Å². The second kappa shape index (κ2) is 6.79. The highest BCUT2D eigenvalue weighted by molar-refractivity contribution is 7.90. The van der Waals surface area contributed by atoms with Crippen LogP contribution in [-0.2, 0) is 9.84 Å². The fourth-order valence-electron chi connectivity index (χ4n) is 2.54. The molecule has 0 aliphatic carbocycles. The van der Waals surface area contributed by atoms with E-state index >= 15 is 0 Å². The predicted octanol–water partition coefficient (Wildman–Crippen LogP) is 5.87. The minimum absolute atomic E-state index is 0.236. The van der Waals surface area contributed by atoms with Crippen LogP contribution in [0.4, 0.5) is 4.39 Å². The Morgan fingerprint density at radius 3 is 1.56 bits per heavy atom. The van der Waals surface area contributed by atoms with Gasteiger partial charge in [0.25, 0.3) is 0 Å². The fourth-order valence-corrected chi connectivity index (χ4v) is 3.49. The van der Waals surface area contributed by atoms with E-state index in [0.717, 1.165) is 28.5 Å². The summed E-state index contributed by atoms with van der Waals surface area (Å²) in [6.45, 7) is 0. The van der Waals surface area contributed by atoms with Crippen LogP contribution in [-0.4, -0.2) is 14.7 Å². The van der Waals surface area contributed by atoms with Crippen LogP contribution in [0.25, 0.3) is 22.3 Å². The summed E-state index contributed by atoms with van der Waals surface area (Å²) in [7, 11) is -3.27. The van der Waals surface area contributed by atoms with Crippen molar-refractivity contribution in [2.75, 3.05) is 6.26 Å². The molecule has 3 rings (SSSR count). The molecule has 0 unspecified atom stereocenters. The van der Waals surface area contributed by atoms with Gasteiger partial charge in [0, 0.05) is 6.26 Å². The van der Waals surface area contributed by atoms with Gasteiger partial charge in [-0.2, -0.15) is 0 Å². The molecule has 0 spiro atoms. The molecule has 0 aliphatic heterocycles. The molecule has 0 radical (unpaired) electrons. The van der Waals surface area contributed by atoms with Crippen LogP contribution >= 0.6 is 23.2 Å². The van der Waals surface area contributed by atoms with Crippen molar-refractivity contribution in [1.82, 2.24) is 0 Å². The van der Waals surface area contributed by atoms with Gasteiger partial charge < -0.3 is 0 Å². The Labute approximate surface area is 155 Å². The highest BCUT2D eigenvalue weighted by Gasteiger charge is 2.13. The largest absolute Gasteiger partial charge is 0.224 e. The molecule has 0 aliphatic rings. The number of sulfone groups is 1. The molecule has 128 valence electrons. The average molecular weight is 395 g/mol. The Hall–Kier alpha value is -1.88. The first-order valence-electron chi connectivity index (χ1n) is 7.31. The first-order chi connectivity index (χ1) is 11.8. The van der Waals surface area contributed by atoms with Gasteiger partial charge in [-0.1, -0.05) is 47.5 Å². The summed E-state index contributed by atoms with van der Waals surface area (Å²) < 4.78 is 36.5. The topological polar surface area (TPSA) is 34.1 Å². The van der Waals surface area contributed by atoms with E-state index < -0.39 is 9.84 Å². The first-order valence-corrected chi connectivity index (χ1v) is 9.96. The summed E-state index contributed by atoms with van der Waals surface area (Å²) in [4.78, 5) is 0.236. The summed E-state index contributed by atoms with van der Waals surface area (Å²) in [6, 6.07) is 16.0. The Balaban J connectivity index is 2.18. The SMILES string of the molecule is CS(=O)(=O)c1ccc(-c2cc(Cl)c(Cl)cc2-c2ccc(F)cc2)cc1. The lowest BCUT2D eigenvalue weighted by Crippen LogP contribution is -1.96. The maximum absolute atomic E-state index is 13.2. The third kappa shape index (κ3) is 3.87. The van der Waals surface area contributed by atoms with E-state index in [9.17, 15) is 12.8 Å². The van der Waals surface area contributed by atoms with Crippen LogP contribution in [0.3, 0.4) is 0 Å². The highest BCUT2D eigenvalue weighted by Crippen LogP contribution is 2.38. The molecule has 3 aromatic rings. The van der Waals surface area contributed by atoms with E-state index in [1.165, 1.54) is 12.1 Å². The lowest BCUT2D eigenvalue weighted by atomic mass is 9.94. The molecule has 0 atom stereocenters. The van der Waals surface area contributed by atoms with E-state index in [4.69, 9.17) is 23.2 Å². The van der Waals surface area contributed by atoms with E-state index in [2.05, 4.69) is 0 Å². The highest BCUT2D eigenvalue weighted by atomic mass is 35.5. The minimum Gasteiger partial charge on any atom is -0.224 e. The first kappa shape index (κ1) is 17.9. The second-order valence-corrected chi connectivity index (χ2v) is 8.45. The van der Waals surface area contributed by atoms with E-state index in [1.54, 1.807) is 48.5 Å². The Morgan fingerprint density at radius 1 is 0.760 bits per heavy atom. The molecule has 0 heterocycles. The number of benzene rings is 3. The van der Waals surface area contributed by atoms with Gasteiger partial charge in [0.2, 0.25) is 0 Å². The van der Waals surface area contributed by atoms with Crippen molar-refractivity contribution < 1.29 is 12.8 Å². The van der Waals surface area contributed by atoms with Crippen molar-refractivity contribution in [2.45, 2.75) is 4.90 Å². The zero-order chi connectivity index (χ0) is 18.2. The molecule has 3 aromatic carbocycles. The molecule has 0 aromatic heterocycles. The lowest BCUT2D eigenvalue weighted by molar-refractivity contribution is 0.602. The van der Waals surface area contributed by atoms with Gasteiger partial charge in [-0.15, -0.1) is 0 Å². The van der Waals surface area contributed by atoms with Crippen molar-refractivity contribution in [1.29, 1.82) is 0 Å². The van der Waals surface area contributed by atoms with Crippen molar-refractivity contribution >= 4 is 33.0 Å². The number of hydrogen-bond donors (Lipinski definition) is 0. The predicted molar refractivity (Wildman–Crippen MR) is 100 cm³/mol. The monoisotopic (exact) mass is 394 g/mol. The quantitative estimate of drug-likeness (QED) is 0.556. The molecule has 2 nitrogen and oxygen atoms in total. The second-order valence-electron chi connectivity index (χ2n) is 5.62. The summed E-state index contributed by atoms with van der Waals surface area (Å²) in [5, 5.41) is 0.771. The average Bonchev–Trinajstić information content (AvgIpc) is 2.57. The minimum atomic E-state index is -3.27. The third-order valence-corrected chi connectivity index (χ3v) is 5.66. The molecule has 0 bridgehead atoms. The van der Waals surface area contributed by atoms with Gasteiger partial charge in [0.05, 0.1) is 14.9 Å². The summed E-state index contributed by atoms with van der Waals surface area (Å²) in [5.74, 6) is -0.331. The van der Waals surface area contributed by atoms with Crippen molar-refractivity contribution in [3.8, 4) is 22.3 Å². The molecule has 0 saturated heterocycles. The summed E-state index contributed by atoms with van der Waals surface area (Å²) in [5.41, 5.74) is 3.12. The van der Waals surface area contributed by atoms with Crippen LogP contribution in [0.1, 0.15) is 0 Å². The Bertz CT molecular complexity index is 1030. The molecule has 6 heteroatoms. The number of rotatable bonds is 3. The van der Waals surface area contributed by atoms with Crippen LogP contribution < -0.4 is 0 Å². The molecule has 0 N–H and O–H groups in total. The van der Waals surface area contributed by atoms with Gasteiger partial charge in [-0.3, -0.25) is 0 Å². The van der Waals surface area contributed by atoms with Crippen molar-refractivity contribution in [3.05, 3.63) is 76.5 Å². The fraction of sp³-hybridized carbons (Fsp3) is 0.0526. The molecular weight excluding hydrogens is 382 g/mol. The van der Waals surface area contributed by atoms with E-state index in [-0.39, 0.29) is 10.7 Å². The third-order valence-electron chi connectivity index (χ3n) is 3.81. The maximum atomic E-state index is 13.2. The van der Waals surface area contributed by atoms with Crippen molar-refractivity contribution in [2.24, 2.45) is 0 Å². The summed E-state index contributed by atoms with van der Waals surface area (Å²) in [6.07, 6.45) is 1.16. The van der Waals surface area contributed by atoms with E-state index in [1.807, 2.05) is 0 Å². The Morgan fingerprint density at radius 2 is 1.16 bits per heavy atom. The van der Waals surface area contributed by atoms with E-state index in [0.29, 0.717) is 10.0 Å². The molecule has 0 fully saturated rings. The zero-order valence-corrected chi connectivity index (χ0v) is 15.5. The van der Waals surface area contributed by atoms with Gasteiger partial charge in [-0.05, 0) is 58.7 Å². The maximum Gasteiger partial charge on any atom is 0.175 e. The lowest BCUT2D eigenvalue weighted by Gasteiger charge is -2.13. The van der Waals surface area contributed by atoms with Crippen LogP contribution in [0.5, 0.6) is 0 Å². The van der Waals surface area contributed by atoms with Crippen LogP contribution in [0.15, 0.2) is 65.6 Å². The van der Waals surface area contributed by atoms with Crippen molar-refractivity contribution in [3.63, 3.8) is 0 Å². The molecular formula is C19H13Cl2FO2S. The van der Waals surface area contributed by atoms with Crippen LogP contribution in [0, 0.1) is 5.82 Å². The molecule has 0 saturated carbocycles. The van der Waals surface area contributed by atoms with Gasteiger partial charge in [0.1, 0.15) is 5.82 Å². The smallest absolute Gasteiger partial charge is 0.175 e. The normalized spacial score (nSPS) is 11.5. The van der Waals surface area contributed by atoms with Crippen LogP contribution in [0.2, 0.25) is 10.0 Å². The zero-order valence-electron chi connectivity index (χ0n) is 13.1. The number of halogens is 3. The standard InChI is InChI=1S/C19H13Cl2FO2S/c1-25(23,24)15-8-4-13(5-9-15)17-11-19(21)18(20)10-16(17)12-2-6-14(22)7-3-12/h2-11H,1H3. The summed E-state index contributed by atoms with van der Waals surface area (Å²) >= 11 is 12.3.